The van der Waals surface area contributed by atoms with Crippen molar-refractivity contribution in [3.05, 3.63) is 35.5 Å². The third-order valence-electron chi connectivity index (χ3n) is 2.54. The number of aromatic amines is 1. The molecule has 2 aromatic rings. The van der Waals surface area contributed by atoms with Crippen molar-refractivity contribution in [1.82, 2.24) is 4.98 Å². The van der Waals surface area contributed by atoms with Crippen molar-refractivity contribution in [1.29, 1.82) is 0 Å². The highest BCUT2D eigenvalue weighted by molar-refractivity contribution is 5.84. The van der Waals surface area contributed by atoms with Crippen molar-refractivity contribution in [3.8, 4) is 0 Å². The molecule has 2 rings (SSSR count). The summed E-state index contributed by atoms with van der Waals surface area (Å²) in [6.45, 7) is 2.66. The molecule has 0 aliphatic rings. The van der Waals surface area contributed by atoms with Crippen molar-refractivity contribution in [2.24, 2.45) is 0 Å². The summed E-state index contributed by atoms with van der Waals surface area (Å²) in [7, 11) is 0. The zero-order chi connectivity index (χ0) is 17.0. The lowest BCUT2D eigenvalue weighted by Gasteiger charge is -2.12. The van der Waals surface area contributed by atoms with Crippen LogP contribution in [0, 0.1) is 0 Å². The summed E-state index contributed by atoms with van der Waals surface area (Å²) in [5, 5.41) is -0.273. The lowest BCUT2D eigenvalue weighted by molar-refractivity contribution is -0.142. The highest BCUT2D eigenvalue weighted by Crippen LogP contribution is 2.39. The van der Waals surface area contributed by atoms with Gasteiger partial charge in [0.1, 0.15) is 0 Å². The highest BCUT2D eigenvalue weighted by atomic mass is 19.4. The number of nitrogens with one attached hydrogen (secondary N) is 1. The topological polar surface area (TPSA) is 42.1 Å². The van der Waals surface area contributed by atoms with Gasteiger partial charge in [0, 0.05) is 17.1 Å². The van der Waals surface area contributed by atoms with Gasteiger partial charge < -0.3 is 9.72 Å². The van der Waals surface area contributed by atoms with Gasteiger partial charge in [-0.3, -0.25) is 4.79 Å². The smallest absolute Gasteiger partial charge is 0.417 e. The maximum absolute atomic E-state index is 12.6. The predicted octanol–water partition coefficient (Wildman–Crippen LogP) is 4.38. The number of hydrogen-bond acceptors (Lipinski definition) is 2. The molecule has 22 heavy (non-hydrogen) atoms. The number of carbonyl (C=O) groups is 1. The first-order chi connectivity index (χ1) is 10.1. The van der Waals surface area contributed by atoms with Crippen LogP contribution in [0.1, 0.15) is 18.1 Å². The first-order valence-corrected chi connectivity index (χ1v) is 5.92. The third kappa shape index (κ3) is 4.40. The summed E-state index contributed by atoms with van der Waals surface area (Å²) in [6, 6.07) is 1.87. The Morgan fingerprint density at radius 3 is 2.18 bits per heavy atom. The minimum atomic E-state index is -4.82. The maximum atomic E-state index is 12.6. The standard InChI is InChI=1S/C10H5F6N.C3H6O2/c11-9(12,13)5-3-7(10(14,15)16)6-1-2-17-8(6)4-5;1-2-5-3-4/h1-4,17H;3H,2H2,1H3. The van der Waals surface area contributed by atoms with Crippen LogP contribution in [0.25, 0.3) is 10.9 Å². The largest absolute Gasteiger partial charge is 0.468 e. The van der Waals surface area contributed by atoms with Crippen LogP contribution in [0.15, 0.2) is 24.4 Å². The third-order valence-corrected chi connectivity index (χ3v) is 2.54. The zero-order valence-electron chi connectivity index (χ0n) is 11.2. The number of ether oxygens (including phenoxy) is 1. The van der Waals surface area contributed by atoms with Crippen LogP contribution in [0.4, 0.5) is 26.3 Å². The van der Waals surface area contributed by atoms with Gasteiger partial charge in [-0.2, -0.15) is 26.3 Å². The number of halogens is 6. The Kier molecular flexibility index (Phi) is 5.45. The minimum absolute atomic E-state index is 0.121. The molecular weight excluding hydrogens is 316 g/mol. The molecule has 1 aromatic heterocycles. The Hall–Kier alpha value is -2.19. The molecule has 0 atom stereocenters. The fourth-order valence-corrected chi connectivity index (χ4v) is 1.63. The molecule has 0 fully saturated rings. The van der Waals surface area contributed by atoms with Gasteiger partial charge >= 0.3 is 12.4 Å². The van der Waals surface area contributed by atoms with Gasteiger partial charge in [0.15, 0.2) is 0 Å². The van der Waals surface area contributed by atoms with E-state index in [0.717, 1.165) is 6.07 Å². The van der Waals surface area contributed by atoms with Crippen molar-refractivity contribution in [2.45, 2.75) is 19.3 Å². The van der Waals surface area contributed by atoms with E-state index < -0.39 is 23.5 Å². The molecule has 0 spiro atoms. The summed E-state index contributed by atoms with van der Waals surface area (Å²) >= 11 is 0. The van der Waals surface area contributed by atoms with Gasteiger partial charge in [-0.15, -0.1) is 0 Å². The van der Waals surface area contributed by atoms with Crippen LogP contribution in [0.5, 0.6) is 0 Å². The Labute approximate surface area is 120 Å². The summed E-state index contributed by atoms with van der Waals surface area (Å²) in [5.41, 5.74) is -2.80. The maximum Gasteiger partial charge on any atom is 0.417 e. The molecular formula is C13H11F6NO2. The van der Waals surface area contributed by atoms with E-state index in [-0.39, 0.29) is 17.0 Å². The number of carbonyl (C=O) groups excluding carboxylic acids is 1. The molecule has 0 saturated heterocycles. The van der Waals surface area contributed by atoms with Gasteiger partial charge in [0.2, 0.25) is 0 Å². The molecule has 0 unspecified atom stereocenters. The number of hydrogen-bond donors (Lipinski definition) is 1. The summed E-state index contributed by atoms with van der Waals surface area (Å²) in [5.74, 6) is 0. The fourth-order valence-electron chi connectivity index (χ4n) is 1.63. The molecule has 122 valence electrons. The molecule has 0 radical (unpaired) electrons. The number of aromatic nitrogens is 1. The van der Waals surface area contributed by atoms with E-state index in [1.807, 2.05) is 0 Å². The molecule has 0 bridgehead atoms. The predicted molar refractivity (Wildman–Crippen MR) is 66.0 cm³/mol. The number of rotatable bonds is 2. The molecule has 3 nitrogen and oxygen atoms in total. The van der Waals surface area contributed by atoms with Crippen LogP contribution in [0.2, 0.25) is 0 Å². The van der Waals surface area contributed by atoms with Gasteiger partial charge in [0.05, 0.1) is 17.7 Å². The number of benzene rings is 1. The van der Waals surface area contributed by atoms with E-state index in [0.29, 0.717) is 19.1 Å². The molecule has 0 saturated carbocycles. The Balaban J connectivity index is 0.000000422. The molecule has 1 aromatic carbocycles. The second kappa shape index (κ2) is 6.71. The number of alkyl halides is 6. The number of fused-ring (bicyclic) bond motifs is 1. The molecule has 1 heterocycles. The monoisotopic (exact) mass is 327 g/mol. The Bertz CT molecular complexity index is 629. The van der Waals surface area contributed by atoms with Crippen LogP contribution >= 0.6 is 0 Å². The van der Waals surface area contributed by atoms with Crippen molar-refractivity contribution in [2.75, 3.05) is 6.61 Å². The lowest BCUT2D eigenvalue weighted by Crippen LogP contribution is -2.10. The molecule has 0 amide bonds. The summed E-state index contributed by atoms with van der Waals surface area (Å²) in [6.07, 6.45) is -8.46. The lowest BCUT2D eigenvalue weighted by atomic mass is 10.1. The van der Waals surface area contributed by atoms with Crippen LogP contribution < -0.4 is 0 Å². The highest BCUT2D eigenvalue weighted by Gasteiger charge is 2.38. The van der Waals surface area contributed by atoms with Gasteiger partial charge in [0.25, 0.3) is 6.47 Å². The van der Waals surface area contributed by atoms with Crippen molar-refractivity contribution >= 4 is 17.4 Å². The zero-order valence-corrected chi connectivity index (χ0v) is 11.2. The Morgan fingerprint density at radius 1 is 1.14 bits per heavy atom. The second-order valence-corrected chi connectivity index (χ2v) is 4.01. The van der Waals surface area contributed by atoms with E-state index in [9.17, 15) is 31.1 Å². The van der Waals surface area contributed by atoms with E-state index >= 15 is 0 Å². The SMILES string of the molecule is CCOC=O.FC(F)(F)c1cc(C(F)(F)F)c2cc[nH]c2c1. The van der Waals surface area contributed by atoms with E-state index in [4.69, 9.17) is 0 Å². The van der Waals surface area contributed by atoms with E-state index in [1.54, 1.807) is 6.92 Å². The fraction of sp³-hybridized carbons (Fsp3) is 0.308. The first kappa shape index (κ1) is 17.9. The average molecular weight is 327 g/mol. The average Bonchev–Trinajstić information content (AvgIpc) is 2.85. The quantitative estimate of drug-likeness (QED) is 0.657. The van der Waals surface area contributed by atoms with E-state index in [2.05, 4.69) is 9.72 Å². The van der Waals surface area contributed by atoms with Gasteiger partial charge in [-0.05, 0) is 25.1 Å². The van der Waals surface area contributed by atoms with Crippen molar-refractivity contribution in [3.63, 3.8) is 0 Å². The summed E-state index contributed by atoms with van der Waals surface area (Å²) < 4.78 is 79.1. The van der Waals surface area contributed by atoms with E-state index in [1.165, 1.54) is 6.20 Å². The normalized spacial score (nSPS) is 11.8. The van der Waals surface area contributed by atoms with Crippen molar-refractivity contribution < 1.29 is 35.9 Å². The molecule has 1 N–H and O–H groups in total. The minimum Gasteiger partial charge on any atom is -0.468 e. The first-order valence-electron chi connectivity index (χ1n) is 5.92. The van der Waals surface area contributed by atoms with Crippen LogP contribution in [-0.4, -0.2) is 18.1 Å². The molecule has 9 heteroatoms. The number of H-pyrrole nitrogens is 1. The molecule has 0 aliphatic heterocycles. The van der Waals surface area contributed by atoms with Crippen LogP contribution in [0.3, 0.4) is 0 Å². The molecule has 0 aliphatic carbocycles. The Morgan fingerprint density at radius 2 is 1.77 bits per heavy atom. The van der Waals surface area contributed by atoms with Crippen LogP contribution in [-0.2, 0) is 21.9 Å². The second-order valence-electron chi connectivity index (χ2n) is 4.01. The van der Waals surface area contributed by atoms with Gasteiger partial charge in [-0.1, -0.05) is 0 Å². The summed E-state index contributed by atoms with van der Waals surface area (Å²) in [4.78, 5) is 11.5. The van der Waals surface area contributed by atoms with Gasteiger partial charge in [-0.25, -0.2) is 0 Å².